The number of hydrogen-bond donors (Lipinski definition) is 1. The standard InChI is InChI=1S/C9H16N2O3/c1-11-5-3-4-10-7(9(11)13)6-8(12)14-2/h7,10H,3-6H2,1-2H3. The maximum absolute atomic E-state index is 11.7. The van der Waals surface area contributed by atoms with Gasteiger partial charge >= 0.3 is 5.97 Å². The van der Waals surface area contributed by atoms with Crippen molar-refractivity contribution in [3.63, 3.8) is 0 Å². The van der Waals surface area contributed by atoms with E-state index in [1.54, 1.807) is 11.9 Å². The molecule has 0 radical (unpaired) electrons. The van der Waals surface area contributed by atoms with Crippen molar-refractivity contribution < 1.29 is 14.3 Å². The molecule has 1 unspecified atom stereocenters. The predicted molar refractivity (Wildman–Crippen MR) is 50.7 cm³/mol. The van der Waals surface area contributed by atoms with Gasteiger partial charge in [-0.15, -0.1) is 0 Å². The van der Waals surface area contributed by atoms with Gasteiger partial charge < -0.3 is 15.0 Å². The number of nitrogens with one attached hydrogen (secondary N) is 1. The van der Waals surface area contributed by atoms with Crippen molar-refractivity contribution in [2.24, 2.45) is 0 Å². The first-order valence-corrected chi connectivity index (χ1v) is 4.70. The molecule has 14 heavy (non-hydrogen) atoms. The summed E-state index contributed by atoms with van der Waals surface area (Å²) in [5.41, 5.74) is 0. The lowest BCUT2D eigenvalue weighted by Crippen LogP contribution is -2.43. The van der Waals surface area contributed by atoms with E-state index in [0.717, 1.165) is 19.5 Å². The summed E-state index contributed by atoms with van der Waals surface area (Å²) in [5, 5.41) is 3.03. The Kier molecular flexibility index (Phi) is 3.88. The summed E-state index contributed by atoms with van der Waals surface area (Å²) in [6.07, 6.45) is 1.03. The van der Waals surface area contributed by atoms with E-state index < -0.39 is 6.04 Å². The number of ether oxygens (including phenoxy) is 1. The first-order valence-electron chi connectivity index (χ1n) is 4.70. The highest BCUT2D eigenvalue weighted by Gasteiger charge is 2.26. The SMILES string of the molecule is COC(=O)CC1NCCCN(C)C1=O. The van der Waals surface area contributed by atoms with E-state index in [0.29, 0.717) is 0 Å². The first-order chi connectivity index (χ1) is 6.65. The van der Waals surface area contributed by atoms with Crippen LogP contribution in [0.15, 0.2) is 0 Å². The van der Waals surface area contributed by atoms with Gasteiger partial charge in [0.25, 0.3) is 0 Å². The Bertz CT molecular complexity index is 230. The minimum atomic E-state index is -0.421. The number of carbonyl (C=O) groups is 2. The summed E-state index contributed by atoms with van der Waals surface area (Å²) >= 11 is 0. The Morgan fingerprint density at radius 2 is 2.43 bits per heavy atom. The quantitative estimate of drug-likeness (QED) is 0.603. The highest BCUT2D eigenvalue weighted by atomic mass is 16.5. The third-order valence-electron chi connectivity index (χ3n) is 2.33. The molecule has 1 amide bonds. The molecule has 1 rings (SSSR count). The van der Waals surface area contributed by atoms with Gasteiger partial charge in [0.2, 0.25) is 5.91 Å². The number of methoxy groups -OCH3 is 1. The second-order valence-electron chi connectivity index (χ2n) is 3.40. The van der Waals surface area contributed by atoms with E-state index in [1.807, 2.05) is 0 Å². The van der Waals surface area contributed by atoms with Crippen LogP contribution in [0.4, 0.5) is 0 Å². The topological polar surface area (TPSA) is 58.6 Å². The van der Waals surface area contributed by atoms with Crippen LogP contribution in [0.2, 0.25) is 0 Å². The van der Waals surface area contributed by atoms with Crippen molar-refractivity contribution in [3.8, 4) is 0 Å². The van der Waals surface area contributed by atoms with Gasteiger partial charge in [-0.25, -0.2) is 0 Å². The fourth-order valence-electron chi connectivity index (χ4n) is 1.47. The van der Waals surface area contributed by atoms with Crippen LogP contribution in [-0.4, -0.2) is 50.1 Å². The van der Waals surface area contributed by atoms with Crippen LogP contribution >= 0.6 is 0 Å². The zero-order valence-electron chi connectivity index (χ0n) is 8.58. The van der Waals surface area contributed by atoms with Crippen molar-refractivity contribution in [1.82, 2.24) is 10.2 Å². The van der Waals surface area contributed by atoms with Gasteiger partial charge in [0.15, 0.2) is 0 Å². The van der Waals surface area contributed by atoms with Crippen LogP contribution < -0.4 is 5.32 Å². The Labute approximate surface area is 83.4 Å². The highest BCUT2D eigenvalue weighted by molar-refractivity contribution is 5.86. The molecule has 1 heterocycles. The van der Waals surface area contributed by atoms with Gasteiger partial charge in [-0.2, -0.15) is 0 Å². The minimum absolute atomic E-state index is 0.0344. The molecule has 0 bridgehead atoms. The molecule has 0 aromatic carbocycles. The highest BCUT2D eigenvalue weighted by Crippen LogP contribution is 2.04. The summed E-state index contributed by atoms with van der Waals surface area (Å²) in [6.45, 7) is 1.50. The molecular weight excluding hydrogens is 184 g/mol. The van der Waals surface area contributed by atoms with E-state index >= 15 is 0 Å². The number of rotatable bonds is 2. The van der Waals surface area contributed by atoms with Gasteiger partial charge in [-0.05, 0) is 13.0 Å². The summed E-state index contributed by atoms with van der Waals surface area (Å²) in [5.74, 6) is -0.390. The summed E-state index contributed by atoms with van der Waals surface area (Å²) in [6, 6.07) is -0.421. The molecule has 1 aliphatic heterocycles. The zero-order chi connectivity index (χ0) is 10.6. The summed E-state index contributed by atoms with van der Waals surface area (Å²) in [7, 11) is 3.08. The molecule has 0 spiro atoms. The minimum Gasteiger partial charge on any atom is -0.469 e. The maximum Gasteiger partial charge on any atom is 0.307 e. The monoisotopic (exact) mass is 200 g/mol. The third kappa shape index (κ3) is 2.70. The lowest BCUT2D eigenvalue weighted by Gasteiger charge is -2.18. The Balaban J connectivity index is 2.56. The van der Waals surface area contributed by atoms with Gasteiger partial charge in [0.1, 0.15) is 0 Å². The molecule has 1 aliphatic rings. The lowest BCUT2D eigenvalue weighted by atomic mass is 10.2. The molecule has 1 N–H and O–H groups in total. The van der Waals surface area contributed by atoms with Crippen molar-refractivity contribution in [2.45, 2.75) is 18.9 Å². The first kappa shape index (κ1) is 11.0. The van der Waals surface area contributed by atoms with Crippen LogP contribution in [0.25, 0.3) is 0 Å². The molecule has 1 saturated heterocycles. The van der Waals surface area contributed by atoms with Crippen LogP contribution in [0.1, 0.15) is 12.8 Å². The number of amides is 1. The van der Waals surface area contributed by atoms with E-state index in [1.165, 1.54) is 7.11 Å². The van der Waals surface area contributed by atoms with E-state index in [-0.39, 0.29) is 18.3 Å². The van der Waals surface area contributed by atoms with E-state index in [9.17, 15) is 9.59 Å². The number of likely N-dealkylation sites (N-methyl/N-ethyl adjacent to an activating group) is 1. The molecular formula is C9H16N2O3. The molecule has 5 nitrogen and oxygen atoms in total. The normalized spacial score (nSPS) is 23.1. The van der Waals surface area contributed by atoms with Crippen LogP contribution in [-0.2, 0) is 14.3 Å². The van der Waals surface area contributed by atoms with Crippen LogP contribution in [0, 0.1) is 0 Å². The number of hydrogen-bond acceptors (Lipinski definition) is 4. The molecule has 0 saturated carbocycles. The third-order valence-corrected chi connectivity index (χ3v) is 2.33. The summed E-state index contributed by atoms with van der Waals surface area (Å²) < 4.78 is 4.53. The van der Waals surface area contributed by atoms with Crippen LogP contribution in [0.5, 0.6) is 0 Å². The van der Waals surface area contributed by atoms with Gasteiger partial charge in [-0.3, -0.25) is 9.59 Å². The number of carbonyl (C=O) groups excluding carboxylic acids is 2. The van der Waals surface area contributed by atoms with Crippen molar-refractivity contribution in [3.05, 3.63) is 0 Å². The van der Waals surface area contributed by atoms with Gasteiger partial charge in [-0.1, -0.05) is 0 Å². The molecule has 0 aromatic rings. The number of nitrogens with zero attached hydrogens (tertiary/aromatic N) is 1. The average Bonchev–Trinajstić information content (AvgIpc) is 2.33. The Morgan fingerprint density at radius 1 is 1.71 bits per heavy atom. The van der Waals surface area contributed by atoms with Crippen molar-refractivity contribution >= 4 is 11.9 Å². The fraction of sp³-hybridized carbons (Fsp3) is 0.778. The second kappa shape index (κ2) is 4.95. The molecule has 0 aliphatic carbocycles. The largest absolute Gasteiger partial charge is 0.469 e. The summed E-state index contributed by atoms with van der Waals surface area (Å²) in [4.78, 5) is 24.3. The molecule has 80 valence electrons. The average molecular weight is 200 g/mol. The van der Waals surface area contributed by atoms with E-state index in [4.69, 9.17) is 0 Å². The Morgan fingerprint density at radius 3 is 3.07 bits per heavy atom. The van der Waals surface area contributed by atoms with Gasteiger partial charge in [0.05, 0.1) is 19.6 Å². The zero-order valence-corrected chi connectivity index (χ0v) is 8.58. The molecule has 1 atom stereocenters. The number of esters is 1. The fourth-order valence-corrected chi connectivity index (χ4v) is 1.47. The van der Waals surface area contributed by atoms with Crippen LogP contribution in [0.3, 0.4) is 0 Å². The molecule has 0 aromatic heterocycles. The predicted octanol–water partition coefficient (Wildman–Crippen LogP) is -0.630. The Hall–Kier alpha value is -1.10. The molecule has 5 heteroatoms. The second-order valence-corrected chi connectivity index (χ2v) is 3.40. The van der Waals surface area contributed by atoms with Gasteiger partial charge in [0, 0.05) is 13.6 Å². The maximum atomic E-state index is 11.7. The van der Waals surface area contributed by atoms with E-state index in [2.05, 4.69) is 10.1 Å². The smallest absolute Gasteiger partial charge is 0.307 e. The molecule has 1 fully saturated rings. The van der Waals surface area contributed by atoms with Crippen molar-refractivity contribution in [2.75, 3.05) is 27.2 Å². The lowest BCUT2D eigenvalue weighted by molar-refractivity contribution is -0.144. The van der Waals surface area contributed by atoms with Crippen molar-refractivity contribution in [1.29, 1.82) is 0 Å².